The number of carbonyl (C=O) groups is 1. The highest BCUT2D eigenvalue weighted by Gasteiger charge is 2.26. The van der Waals surface area contributed by atoms with Gasteiger partial charge in [0.25, 0.3) is 0 Å². The second-order valence-corrected chi connectivity index (χ2v) is 6.28. The highest BCUT2D eigenvalue weighted by atomic mass is 19.1. The number of aryl methyl sites for hydroxylation is 1. The predicted octanol–water partition coefficient (Wildman–Crippen LogP) is 2.39. The van der Waals surface area contributed by atoms with Crippen LogP contribution in [0.3, 0.4) is 0 Å². The number of aromatic nitrogens is 3. The number of ether oxygens (including phenoxy) is 1. The van der Waals surface area contributed by atoms with Gasteiger partial charge < -0.3 is 14.2 Å². The van der Waals surface area contributed by atoms with E-state index < -0.39 is 5.82 Å². The normalized spacial score (nSPS) is 15.4. The van der Waals surface area contributed by atoms with Crippen LogP contribution in [0.4, 0.5) is 4.39 Å². The predicted molar refractivity (Wildman–Crippen MR) is 90.9 cm³/mol. The van der Waals surface area contributed by atoms with E-state index in [1.165, 1.54) is 13.2 Å². The van der Waals surface area contributed by atoms with Gasteiger partial charge >= 0.3 is 0 Å². The number of carbonyl (C=O) groups excluding carboxylic acids is 1. The van der Waals surface area contributed by atoms with Crippen LogP contribution in [0.15, 0.2) is 24.5 Å². The molecule has 0 N–H and O–H groups in total. The first-order chi connectivity index (χ1) is 12.1. The van der Waals surface area contributed by atoms with Gasteiger partial charge in [-0.1, -0.05) is 6.07 Å². The van der Waals surface area contributed by atoms with Crippen LogP contribution in [0.5, 0.6) is 5.75 Å². The molecule has 7 heteroatoms. The van der Waals surface area contributed by atoms with Gasteiger partial charge in [0.2, 0.25) is 5.91 Å². The Morgan fingerprint density at radius 1 is 1.36 bits per heavy atom. The molecule has 0 aliphatic carbocycles. The van der Waals surface area contributed by atoms with Crippen LogP contribution in [-0.4, -0.2) is 45.8 Å². The van der Waals surface area contributed by atoms with Crippen molar-refractivity contribution in [3.8, 4) is 5.75 Å². The third-order valence-corrected chi connectivity index (χ3v) is 4.77. The van der Waals surface area contributed by atoms with Gasteiger partial charge in [0.05, 0.1) is 13.5 Å². The second kappa shape index (κ2) is 7.63. The maximum absolute atomic E-state index is 13.8. The number of benzene rings is 1. The Balaban J connectivity index is 1.57. The van der Waals surface area contributed by atoms with Crippen molar-refractivity contribution in [3.05, 3.63) is 41.7 Å². The zero-order valence-corrected chi connectivity index (χ0v) is 14.6. The van der Waals surface area contributed by atoms with E-state index in [9.17, 15) is 9.18 Å². The zero-order valence-electron chi connectivity index (χ0n) is 14.6. The molecule has 0 spiro atoms. The summed E-state index contributed by atoms with van der Waals surface area (Å²) in [5.41, 5.74) is 0.663. The van der Waals surface area contributed by atoms with Crippen molar-refractivity contribution in [1.29, 1.82) is 0 Å². The number of hydrogen-bond acceptors (Lipinski definition) is 4. The molecule has 3 rings (SSSR count). The summed E-state index contributed by atoms with van der Waals surface area (Å²) in [7, 11) is 1.42. The van der Waals surface area contributed by atoms with E-state index in [1.54, 1.807) is 18.5 Å². The number of piperidine rings is 1. The molecule has 1 aromatic heterocycles. The fourth-order valence-electron chi connectivity index (χ4n) is 3.32. The molecular weight excluding hydrogens is 323 g/mol. The van der Waals surface area contributed by atoms with Crippen LogP contribution >= 0.6 is 0 Å². The molecule has 0 saturated carbocycles. The number of methoxy groups -OCH3 is 1. The molecule has 0 unspecified atom stereocenters. The summed E-state index contributed by atoms with van der Waals surface area (Å²) in [6.07, 6.45) is 3.71. The lowest BCUT2D eigenvalue weighted by Gasteiger charge is -2.31. The molecule has 1 aliphatic heterocycles. The first-order valence-corrected chi connectivity index (χ1v) is 8.60. The molecule has 2 aromatic rings. The van der Waals surface area contributed by atoms with Crippen LogP contribution in [0, 0.1) is 5.82 Å². The van der Waals surface area contributed by atoms with Gasteiger partial charge in [0.1, 0.15) is 12.2 Å². The van der Waals surface area contributed by atoms with E-state index in [0.29, 0.717) is 24.6 Å². The number of nitrogens with zero attached hydrogens (tertiary/aromatic N) is 4. The lowest BCUT2D eigenvalue weighted by Crippen LogP contribution is -2.39. The lowest BCUT2D eigenvalue weighted by atomic mass is 9.95. The first-order valence-electron chi connectivity index (χ1n) is 8.60. The van der Waals surface area contributed by atoms with Crippen LogP contribution in [-0.2, 0) is 17.8 Å². The Labute approximate surface area is 146 Å². The molecule has 1 saturated heterocycles. The quantitative estimate of drug-likeness (QED) is 0.834. The highest BCUT2D eigenvalue weighted by molar-refractivity contribution is 5.79. The monoisotopic (exact) mass is 346 g/mol. The molecule has 1 amide bonds. The van der Waals surface area contributed by atoms with Gasteiger partial charge in [-0.2, -0.15) is 0 Å². The number of amides is 1. The molecule has 1 fully saturated rings. The molecule has 0 atom stereocenters. The van der Waals surface area contributed by atoms with Crippen molar-refractivity contribution in [1.82, 2.24) is 19.7 Å². The Morgan fingerprint density at radius 2 is 2.12 bits per heavy atom. The summed E-state index contributed by atoms with van der Waals surface area (Å²) in [6, 6.07) is 4.66. The molecule has 0 radical (unpaired) electrons. The van der Waals surface area contributed by atoms with Crippen LogP contribution < -0.4 is 4.74 Å². The molecule has 2 heterocycles. The number of rotatable bonds is 5. The smallest absolute Gasteiger partial charge is 0.226 e. The summed E-state index contributed by atoms with van der Waals surface area (Å²) >= 11 is 0. The summed E-state index contributed by atoms with van der Waals surface area (Å²) in [5.74, 6) is 1.12. The van der Waals surface area contributed by atoms with E-state index in [4.69, 9.17) is 4.74 Å². The van der Waals surface area contributed by atoms with E-state index in [-0.39, 0.29) is 18.1 Å². The van der Waals surface area contributed by atoms with Crippen molar-refractivity contribution >= 4 is 5.91 Å². The van der Waals surface area contributed by atoms with Gasteiger partial charge in [-0.3, -0.25) is 4.79 Å². The van der Waals surface area contributed by atoms with Gasteiger partial charge in [-0.25, -0.2) is 4.39 Å². The van der Waals surface area contributed by atoms with E-state index in [1.807, 2.05) is 4.90 Å². The Hall–Kier alpha value is -2.44. The number of likely N-dealkylation sites (tertiary alicyclic amines) is 1. The average Bonchev–Trinajstić information content (AvgIpc) is 3.11. The summed E-state index contributed by atoms with van der Waals surface area (Å²) in [5, 5.41) is 8.22. The first kappa shape index (κ1) is 17.4. The average molecular weight is 346 g/mol. The summed E-state index contributed by atoms with van der Waals surface area (Å²) < 4.78 is 20.7. The topological polar surface area (TPSA) is 60.2 Å². The van der Waals surface area contributed by atoms with Crippen LogP contribution in [0.2, 0.25) is 0 Å². The number of halogens is 1. The molecule has 134 valence electrons. The molecule has 6 nitrogen and oxygen atoms in total. The van der Waals surface area contributed by atoms with Crippen molar-refractivity contribution in [2.75, 3.05) is 20.2 Å². The van der Waals surface area contributed by atoms with Crippen molar-refractivity contribution in [2.24, 2.45) is 0 Å². The van der Waals surface area contributed by atoms with Gasteiger partial charge in [0, 0.05) is 25.6 Å². The molecule has 25 heavy (non-hydrogen) atoms. The zero-order chi connectivity index (χ0) is 17.8. The van der Waals surface area contributed by atoms with Crippen LogP contribution in [0.25, 0.3) is 0 Å². The number of hydrogen-bond donors (Lipinski definition) is 0. The van der Waals surface area contributed by atoms with Gasteiger partial charge in [0.15, 0.2) is 11.6 Å². The Morgan fingerprint density at radius 3 is 2.76 bits per heavy atom. The standard InChI is InChI=1S/C18H23FN4O2/c1-3-22-12-20-21-18(22)14-6-8-23(9-7-14)17(24)11-13-4-5-16(25-2)15(19)10-13/h4-5,10,12,14H,3,6-9,11H2,1-2H3. The highest BCUT2D eigenvalue weighted by Crippen LogP contribution is 2.27. The van der Waals surface area contributed by atoms with Crippen LogP contribution in [0.1, 0.15) is 37.1 Å². The molecule has 1 aromatic carbocycles. The maximum atomic E-state index is 13.8. The third-order valence-electron chi connectivity index (χ3n) is 4.77. The molecular formula is C18H23FN4O2. The molecule has 0 bridgehead atoms. The maximum Gasteiger partial charge on any atom is 0.226 e. The third kappa shape index (κ3) is 3.81. The van der Waals surface area contributed by atoms with E-state index >= 15 is 0 Å². The Bertz CT molecular complexity index is 738. The van der Waals surface area contributed by atoms with Gasteiger partial charge in [-0.05, 0) is 37.5 Å². The second-order valence-electron chi connectivity index (χ2n) is 6.28. The van der Waals surface area contributed by atoms with Gasteiger partial charge in [-0.15, -0.1) is 10.2 Å². The lowest BCUT2D eigenvalue weighted by molar-refractivity contribution is -0.131. The fourth-order valence-corrected chi connectivity index (χ4v) is 3.32. The minimum atomic E-state index is -0.439. The molecule has 1 aliphatic rings. The van der Waals surface area contributed by atoms with E-state index in [0.717, 1.165) is 25.2 Å². The minimum Gasteiger partial charge on any atom is -0.494 e. The summed E-state index contributed by atoms with van der Waals surface area (Å²) in [4.78, 5) is 14.3. The minimum absolute atomic E-state index is 0.0278. The van der Waals surface area contributed by atoms with E-state index in [2.05, 4.69) is 21.7 Å². The Kier molecular flexibility index (Phi) is 5.31. The summed E-state index contributed by atoms with van der Waals surface area (Å²) in [6.45, 7) is 4.31. The van der Waals surface area contributed by atoms with Crippen molar-refractivity contribution in [2.45, 2.75) is 38.6 Å². The largest absolute Gasteiger partial charge is 0.494 e. The SMILES string of the molecule is CCn1cnnc1C1CCN(C(=O)Cc2ccc(OC)c(F)c2)CC1. The van der Waals surface area contributed by atoms with Crippen molar-refractivity contribution < 1.29 is 13.9 Å². The fraction of sp³-hybridized carbons (Fsp3) is 0.500. The van der Waals surface area contributed by atoms with Crippen molar-refractivity contribution in [3.63, 3.8) is 0 Å².